The summed E-state index contributed by atoms with van der Waals surface area (Å²) in [6.45, 7) is 2.53. The molecule has 1 aromatic heterocycles. The maximum Gasteiger partial charge on any atom is 0.321 e. The summed E-state index contributed by atoms with van der Waals surface area (Å²) in [4.78, 5) is 22.5. The molecule has 0 aliphatic heterocycles. The lowest BCUT2D eigenvalue weighted by molar-refractivity contribution is -0.117. The van der Waals surface area contributed by atoms with Gasteiger partial charge in [0.15, 0.2) is 5.16 Å². The van der Waals surface area contributed by atoms with Gasteiger partial charge in [-0.05, 0) is 6.92 Å². The fourth-order valence-electron chi connectivity index (χ4n) is 1.15. The van der Waals surface area contributed by atoms with Crippen LogP contribution in [0.1, 0.15) is 12.7 Å². The molecule has 0 aliphatic rings. The highest BCUT2D eigenvalue weighted by atomic mass is 32.2. The maximum absolute atomic E-state index is 11.4. The van der Waals surface area contributed by atoms with Gasteiger partial charge in [-0.1, -0.05) is 11.8 Å². The Balaban J connectivity index is 2.42. The number of thioether (sulfide) groups is 1. The molecule has 4 N–H and O–H groups in total. The van der Waals surface area contributed by atoms with Gasteiger partial charge in [-0.3, -0.25) is 10.1 Å². The molecule has 0 atom stereocenters. The fraction of sp³-hybridized carbons (Fsp3) is 0.556. The van der Waals surface area contributed by atoms with Gasteiger partial charge in [-0.2, -0.15) is 0 Å². The molecular weight excluding hydrogens is 256 g/mol. The zero-order chi connectivity index (χ0) is 13.5. The molecule has 8 nitrogen and oxygen atoms in total. The summed E-state index contributed by atoms with van der Waals surface area (Å²) in [7, 11) is 1.77. The smallest absolute Gasteiger partial charge is 0.321 e. The third-order valence-corrected chi connectivity index (χ3v) is 3.05. The topological polar surface area (TPSA) is 115 Å². The summed E-state index contributed by atoms with van der Waals surface area (Å²) in [5, 5.41) is 13.0. The minimum atomic E-state index is -0.497. The van der Waals surface area contributed by atoms with Crippen LogP contribution in [-0.2, 0) is 18.4 Å². The van der Waals surface area contributed by atoms with E-state index in [4.69, 9.17) is 5.73 Å². The molecule has 3 amide bonds. The van der Waals surface area contributed by atoms with Crippen molar-refractivity contribution >= 4 is 23.7 Å². The number of nitrogens with one attached hydrogen (secondary N) is 2. The first-order chi connectivity index (χ1) is 8.58. The molecule has 1 aromatic rings. The third-order valence-electron chi connectivity index (χ3n) is 2.03. The molecule has 0 aromatic carbocycles. The molecule has 0 aliphatic carbocycles. The van der Waals surface area contributed by atoms with E-state index in [1.807, 2.05) is 0 Å². The van der Waals surface area contributed by atoms with E-state index in [0.717, 1.165) is 0 Å². The SMILES string of the molecule is CCNC(=O)NC(=O)CSc1nnc(CN)n1C. The molecule has 1 heterocycles. The second-order valence-corrected chi connectivity index (χ2v) is 4.30. The molecule has 0 bridgehead atoms. The number of rotatable bonds is 5. The van der Waals surface area contributed by atoms with Crippen molar-refractivity contribution in [2.75, 3.05) is 12.3 Å². The van der Waals surface area contributed by atoms with Gasteiger partial charge in [-0.15, -0.1) is 10.2 Å². The monoisotopic (exact) mass is 272 g/mol. The summed E-state index contributed by atoms with van der Waals surface area (Å²) >= 11 is 1.19. The van der Waals surface area contributed by atoms with Crippen molar-refractivity contribution in [1.29, 1.82) is 0 Å². The van der Waals surface area contributed by atoms with Crippen LogP contribution in [0.5, 0.6) is 0 Å². The number of hydrogen-bond donors (Lipinski definition) is 3. The Morgan fingerprint density at radius 2 is 2.17 bits per heavy atom. The van der Waals surface area contributed by atoms with E-state index < -0.39 is 6.03 Å². The van der Waals surface area contributed by atoms with Gasteiger partial charge in [0.25, 0.3) is 0 Å². The van der Waals surface area contributed by atoms with Gasteiger partial charge in [0.05, 0.1) is 12.3 Å². The highest BCUT2D eigenvalue weighted by Gasteiger charge is 2.11. The van der Waals surface area contributed by atoms with E-state index in [-0.39, 0.29) is 18.2 Å². The Kier molecular flexibility index (Phi) is 5.59. The van der Waals surface area contributed by atoms with Crippen molar-refractivity contribution in [3.63, 3.8) is 0 Å². The van der Waals surface area contributed by atoms with Crippen molar-refractivity contribution in [2.24, 2.45) is 12.8 Å². The van der Waals surface area contributed by atoms with E-state index in [9.17, 15) is 9.59 Å². The predicted molar refractivity (Wildman–Crippen MR) is 66.8 cm³/mol. The predicted octanol–water partition coefficient (Wildman–Crippen LogP) is -0.788. The lowest BCUT2D eigenvalue weighted by atomic mass is 10.6. The number of nitrogens with zero attached hydrogens (tertiary/aromatic N) is 3. The standard InChI is InChI=1S/C9H16N6O2S/c1-3-11-8(17)12-7(16)5-18-9-14-13-6(4-10)15(9)2/h3-5,10H2,1-2H3,(H2,11,12,16,17). The first-order valence-electron chi connectivity index (χ1n) is 5.37. The van der Waals surface area contributed by atoms with Gasteiger partial charge in [0.2, 0.25) is 5.91 Å². The quantitative estimate of drug-likeness (QED) is 0.605. The van der Waals surface area contributed by atoms with Crippen molar-refractivity contribution in [2.45, 2.75) is 18.6 Å². The van der Waals surface area contributed by atoms with Crippen molar-refractivity contribution < 1.29 is 9.59 Å². The highest BCUT2D eigenvalue weighted by molar-refractivity contribution is 7.99. The normalized spacial score (nSPS) is 10.2. The number of urea groups is 1. The summed E-state index contributed by atoms with van der Waals surface area (Å²) < 4.78 is 1.71. The van der Waals surface area contributed by atoms with E-state index in [1.165, 1.54) is 11.8 Å². The Labute approximate surface area is 109 Å². The molecule has 0 saturated heterocycles. The van der Waals surface area contributed by atoms with Crippen LogP contribution in [0.2, 0.25) is 0 Å². The number of hydrogen-bond acceptors (Lipinski definition) is 6. The first kappa shape index (κ1) is 14.5. The van der Waals surface area contributed by atoms with E-state index in [2.05, 4.69) is 20.8 Å². The van der Waals surface area contributed by atoms with Crippen LogP contribution in [-0.4, -0.2) is 39.0 Å². The highest BCUT2D eigenvalue weighted by Crippen LogP contribution is 2.14. The molecule has 0 unspecified atom stereocenters. The van der Waals surface area contributed by atoms with Crippen molar-refractivity contribution in [3.8, 4) is 0 Å². The van der Waals surface area contributed by atoms with Crippen LogP contribution in [0, 0.1) is 0 Å². The average Bonchev–Trinajstić information content (AvgIpc) is 2.67. The number of aromatic nitrogens is 3. The zero-order valence-corrected chi connectivity index (χ0v) is 11.1. The van der Waals surface area contributed by atoms with Crippen LogP contribution < -0.4 is 16.4 Å². The number of nitrogens with two attached hydrogens (primary N) is 1. The Morgan fingerprint density at radius 3 is 2.72 bits per heavy atom. The molecule has 0 saturated carbocycles. The Hall–Kier alpha value is -1.61. The van der Waals surface area contributed by atoms with Crippen LogP contribution in [0.4, 0.5) is 4.79 Å². The number of carbonyl (C=O) groups is 2. The van der Waals surface area contributed by atoms with Crippen molar-refractivity contribution in [3.05, 3.63) is 5.82 Å². The number of amides is 3. The molecule has 0 spiro atoms. The van der Waals surface area contributed by atoms with E-state index in [0.29, 0.717) is 17.5 Å². The van der Waals surface area contributed by atoms with Crippen molar-refractivity contribution in [1.82, 2.24) is 25.4 Å². The largest absolute Gasteiger partial charge is 0.338 e. The molecular formula is C9H16N6O2S. The fourth-order valence-corrected chi connectivity index (χ4v) is 1.88. The van der Waals surface area contributed by atoms with Crippen LogP contribution in [0.15, 0.2) is 5.16 Å². The lowest BCUT2D eigenvalue weighted by Gasteiger charge is -2.04. The number of carbonyl (C=O) groups excluding carboxylic acids is 2. The summed E-state index contributed by atoms with van der Waals surface area (Å²) in [6.07, 6.45) is 0. The molecule has 18 heavy (non-hydrogen) atoms. The third kappa shape index (κ3) is 4.00. The van der Waals surface area contributed by atoms with Gasteiger partial charge >= 0.3 is 6.03 Å². The van der Waals surface area contributed by atoms with Crippen LogP contribution >= 0.6 is 11.8 Å². The van der Waals surface area contributed by atoms with Gasteiger partial charge in [0.1, 0.15) is 5.82 Å². The second kappa shape index (κ2) is 6.97. The van der Waals surface area contributed by atoms with Gasteiger partial charge in [0, 0.05) is 13.6 Å². The first-order valence-corrected chi connectivity index (χ1v) is 6.35. The van der Waals surface area contributed by atoms with Gasteiger partial charge in [-0.25, -0.2) is 4.79 Å². The minimum Gasteiger partial charge on any atom is -0.338 e. The molecule has 0 fully saturated rings. The summed E-state index contributed by atoms with van der Waals surface area (Å²) in [5.41, 5.74) is 5.45. The van der Waals surface area contributed by atoms with E-state index >= 15 is 0 Å². The van der Waals surface area contributed by atoms with Crippen LogP contribution in [0.25, 0.3) is 0 Å². The van der Waals surface area contributed by atoms with Crippen LogP contribution in [0.3, 0.4) is 0 Å². The Bertz CT molecular complexity index is 433. The molecule has 0 radical (unpaired) electrons. The molecule has 9 heteroatoms. The number of imide groups is 1. The van der Waals surface area contributed by atoms with Gasteiger partial charge < -0.3 is 15.6 Å². The molecule has 1 rings (SSSR count). The lowest BCUT2D eigenvalue weighted by Crippen LogP contribution is -2.40. The second-order valence-electron chi connectivity index (χ2n) is 3.36. The summed E-state index contributed by atoms with van der Waals surface area (Å²) in [5.74, 6) is 0.345. The Morgan fingerprint density at radius 1 is 1.44 bits per heavy atom. The maximum atomic E-state index is 11.4. The zero-order valence-electron chi connectivity index (χ0n) is 10.3. The summed E-state index contributed by atoms with van der Waals surface area (Å²) in [6, 6.07) is -0.497. The average molecular weight is 272 g/mol. The minimum absolute atomic E-state index is 0.0910. The molecule has 100 valence electrons. The van der Waals surface area contributed by atoms with E-state index in [1.54, 1.807) is 18.5 Å².